The van der Waals surface area contributed by atoms with Crippen molar-refractivity contribution in [2.45, 2.75) is 216 Å². The van der Waals surface area contributed by atoms with Gasteiger partial charge in [-0.05, 0) is 77.0 Å². The van der Waals surface area contributed by atoms with Crippen molar-refractivity contribution in [2.24, 2.45) is 0 Å². The molecule has 14 heteroatoms. The lowest BCUT2D eigenvalue weighted by atomic mass is 9.97. The van der Waals surface area contributed by atoms with Crippen LogP contribution in [0.3, 0.4) is 0 Å². The summed E-state index contributed by atoms with van der Waals surface area (Å²) in [7, 11) is 0. The quantitative estimate of drug-likeness (QED) is 0.0232. The Labute approximate surface area is 407 Å². The molecule has 0 radical (unpaired) electrons. The van der Waals surface area contributed by atoms with Crippen LogP contribution in [0.4, 0.5) is 0 Å². The van der Waals surface area contributed by atoms with Crippen LogP contribution in [0.5, 0.6) is 0 Å². The Bertz CT molecular complexity index is 1510. The highest BCUT2D eigenvalue weighted by molar-refractivity contribution is 5.76. The lowest BCUT2D eigenvalue weighted by molar-refractivity contribution is -0.359. The minimum atomic E-state index is -1.79. The summed E-state index contributed by atoms with van der Waals surface area (Å²) >= 11 is 0. The van der Waals surface area contributed by atoms with Gasteiger partial charge in [-0.3, -0.25) is 4.79 Å². The van der Waals surface area contributed by atoms with E-state index in [0.29, 0.717) is 6.42 Å². The molecule has 1 amide bonds. The van der Waals surface area contributed by atoms with E-state index in [9.17, 15) is 45.6 Å². The third-order valence-electron chi connectivity index (χ3n) is 11.8. The summed E-state index contributed by atoms with van der Waals surface area (Å²) in [6, 6.07) is -0.923. The highest BCUT2D eigenvalue weighted by Gasteiger charge is 2.51. The Morgan fingerprint density at radius 1 is 0.544 bits per heavy atom. The van der Waals surface area contributed by atoms with Crippen LogP contribution in [-0.2, 0) is 23.7 Å². The summed E-state index contributed by atoms with van der Waals surface area (Å²) in [5.41, 5.74) is 0. The van der Waals surface area contributed by atoms with E-state index in [1.54, 1.807) is 6.08 Å². The van der Waals surface area contributed by atoms with Crippen LogP contribution >= 0.6 is 0 Å². The fourth-order valence-electron chi connectivity index (χ4n) is 7.62. The van der Waals surface area contributed by atoms with Crippen molar-refractivity contribution >= 4 is 5.91 Å². The molecule has 388 valence electrons. The van der Waals surface area contributed by atoms with Gasteiger partial charge in [0.05, 0.1) is 32.0 Å². The fraction of sp³-hybridized carbons (Fsp3) is 0.685. The van der Waals surface area contributed by atoms with Gasteiger partial charge in [0.15, 0.2) is 12.6 Å². The third kappa shape index (κ3) is 26.2. The van der Waals surface area contributed by atoms with E-state index in [4.69, 9.17) is 18.9 Å². The number of allylic oxidation sites excluding steroid dienone is 15. The monoisotopic (exact) mass is 960 g/mol. The molecule has 2 fully saturated rings. The topological polar surface area (TPSA) is 228 Å². The molecule has 2 aliphatic rings. The first-order valence-electron chi connectivity index (χ1n) is 25.5. The average molecular weight is 960 g/mol. The lowest BCUT2D eigenvalue weighted by Gasteiger charge is -2.46. The summed E-state index contributed by atoms with van der Waals surface area (Å²) in [6.45, 7) is 2.51. The van der Waals surface area contributed by atoms with E-state index in [-0.39, 0.29) is 18.9 Å². The molecule has 68 heavy (non-hydrogen) atoms. The van der Waals surface area contributed by atoms with Gasteiger partial charge < -0.3 is 65.1 Å². The van der Waals surface area contributed by atoms with Gasteiger partial charge >= 0.3 is 0 Å². The lowest BCUT2D eigenvalue weighted by Crippen LogP contribution is -2.65. The number of carbonyl (C=O) groups is 1. The van der Waals surface area contributed by atoms with Crippen molar-refractivity contribution in [1.82, 2.24) is 5.32 Å². The predicted octanol–water partition coefficient (Wildman–Crippen LogP) is 6.76. The first kappa shape index (κ1) is 61.0. The first-order valence-corrected chi connectivity index (χ1v) is 25.5. The molecular formula is C54H89NO13. The number of aliphatic hydroxyl groups is 8. The van der Waals surface area contributed by atoms with Gasteiger partial charge in [-0.25, -0.2) is 0 Å². The number of hydrogen-bond acceptors (Lipinski definition) is 13. The molecule has 0 aliphatic carbocycles. The molecule has 0 aromatic heterocycles. The summed E-state index contributed by atoms with van der Waals surface area (Å²) in [6.07, 6.45) is 36.6. The SMILES string of the molecule is CC/C=C\C/C=C\C/C=C\C/C=C\C/C=C\C/C=C\C/C=C\CCCCCCCCCC(=O)NC(COC1OC(CO)C(OC2OC(CO)C(O)C(O)C2O)C(O)C1O)C(O)/C=C/CCCCC. The largest absolute Gasteiger partial charge is 0.394 e. The highest BCUT2D eigenvalue weighted by atomic mass is 16.7. The zero-order valence-corrected chi connectivity index (χ0v) is 41.0. The molecule has 12 atom stereocenters. The van der Waals surface area contributed by atoms with Crippen molar-refractivity contribution in [1.29, 1.82) is 0 Å². The van der Waals surface area contributed by atoms with Crippen molar-refractivity contribution in [3.05, 3.63) is 97.2 Å². The minimum Gasteiger partial charge on any atom is -0.394 e. The molecule has 2 heterocycles. The van der Waals surface area contributed by atoms with Crippen molar-refractivity contribution in [3.8, 4) is 0 Å². The minimum absolute atomic E-state index is 0.260. The third-order valence-corrected chi connectivity index (χ3v) is 11.8. The zero-order valence-electron chi connectivity index (χ0n) is 41.0. The van der Waals surface area contributed by atoms with Gasteiger partial charge in [0.25, 0.3) is 0 Å². The maximum Gasteiger partial charge on any atom is 0.220 e. The molecule has 9 N–H and O–H groups in total. The second kappa shape index (κ2) is 39.6. The number of aliphatic hydroxyl groups excluding tert-OH is 8. The molecule has 2 saturated heterocycles. The first-order chi connectivity index (χ1) is 33.1. The van der Waals surface area contributed by atoms with Crippen LogP contribution in [-0.4, -0.2) is 140 Å². The van der Waals surface area contributed by atoms with Gasteiger partial charge in [-0.1, -0.05) is 156 Å². The zero-order chi connectivity index (χ0) is 49.6. The summed E-state index contributed by atoms with van der Waals surface area (Å²) in [4.78, 5) is 13.1. The van der Waals surface area contributed by atoms with Crippen LogP contribution in [0.1, 0.15) is 142 Å². The van der Waals surface area contributed by atoms with E-state index < -0.39 is 86.8 Å². The maximum atomic E-state index is 13.1. The molecular weight excluding hydrogens is 871 g/mol. The number of rotatable bonds is 37. The molecule has 0 aromatic carbocycles. The average Bonchev–Trinajstić information content (AvgIpc) is 3.34. The fourth-order valence-corrected chi connectivity index (χ4v) is 7.62. The Morgan fingerprint density at radius 3 is 1.56 bits per heavy atom. The van der Waals surface area contributed by atoms with Crippen LogP contribution in [0.25, 0.3) is 0 Å². The molecule has 12 unspecified atom stereocenters. The standard InChI is InChI=1S/C54H89NO13/c1-3-5-7-9-10-11-12-13-14-15-16-17-18-19-20-21-22-23-24-25-26-27-28-29-30-31-32-34-36-38-46(59)55-42(43(58)37-35-33-8-6-4-2)41-65-53-51(64)49(62)52(45(40-57)67-53)68-54-50(63)48(61)47(60)44(39-56)66-54/h5,7,10-11,13-14,16-17,19-20,22-23,25-26,35,37,42-45,47-54,56-58,60-64H,3-4,6,8-9,12,15,18,21,24,27-34,36,38-41H2,1-2H3,(H,55,59)/b7-5-,11-10-,14-13-,17-16-,20-19-,23-22-,26-25-,37-35+. The van der Waals surface area contributed by atoms with Crippen molar-refractivity contribution in [3.63, 3.8) is 0 Å². The van der Waals surface area contributed by atoms with E-state index in [1.165, 1.54) is 0 Å². The normalized spacial score (nSPS) is 27.2. The molecule has 2 aliphatic heterocycles. The number of amides is 1. The number of nitrogens with one attached hydrogen (secondary N) is 1. The maximum absolute atomic E-state index is 13.1. The second-order valence-corrected chi connectivity index (χ2v) is 17.6. The molecule has 0 spiro atoms. The Morgan fingerprint density at radius 2 is 1.01 bits per heavy atom. The van der Waals surface area contributed by atoms with Gasteiger partial charge in [0.2, 0.25) is 5.91 Å². The van der Waals surface area contributed by atoms with Crippen LogP contribution in [0.2, 0.25) is 0 Å². The van der Waals surface area contributed by atoms with Crippen molar-refractivity contribution in [2.75, 3.05) is 19.8 Å². The van der Waals surface area contributed by atoms with Crippen LogP contribution < -0.4 is 5.32 Å². The van der Waals surface area contributed by atoms with Gasteiger partial charge in [0.1, 0.15) is 48.8 Å². The van der Waals surface area contributed by atoms with Gasteiger partial charge in [-0.2, -0.15) is 0 Å². The van der Waals surface area contributed by atoms with Gasteiger partial charge in [-0.15, -0.1) is 0 Å². The number of ether oxygens (including phenoxy) is 4. The predicted molar refractivity (Wildman–Crippen MR) is 267 cm³/mol. The van der Waals surface area contributed by atoms with Crippen molar-refractivity contribution < 1.29 is 64.6 Å². The van der Waals surface area contributed by atoms with E-state index >= 15 is 0 Å². The molecule has 0 aromatic rings. The summed E-state index contributed by atoms with van der Waals surface area (Å²) < 4.78 is 22.5. The Balaban J connectivity index is 1.66. The number of hydrogen-bond donors (Lipinski definition) is 9. The summed E-state index contributed by atoms with van der Waals surface area (Å²) in [5, 5.41) is 86.2. The van der Waals surface area contributed by atoms with Crippen LogP contribution in [0.15, 0.2) is 97.2 Å². The van der Waals surface area contributed by atoms with E-state index in [1.807, 2.05) is 6.08 Å². The smallest absolute Gasteiger partial charge is 0.220 e. The molecule has 0 saturated carbocycles. The molecule has 2 rings (SSSR count). The van der Waals surface area contributed by atoms with Crippen LogP contribution in [0, 0.1) is 0 Å². The van der Waals surface area contributed by atoms with E-state index in [0.717, 1.165) is 116 Å². The Kier molecular flexibility index (Phi) is 35.6. The number of unbranched alkanes of at least 4 members (excludes halogenated alkanes) is 10. The Hall–Kier alpha value is -3.09. The summed E-state index contributed by atoms with van der Waals surface area (Å²) in [5.74, 6) is -0.265. The number of carbonyl (C=O) groups excluding carboxylic acids is 1. The van der Waals surface area contributed by atoms with Gasteiger partial charge in [0, 0.05) is 6.42 Å². The van der Waals surface area contributed by atoms with E-state index in [2.05, 4.69) is 104 Å². The molecule has 14 nitrogen and oxygen atoms in total. The molecule has 0 bridgehead atoms. The second-order valence-electron chi connectivity index (χ2n) is 17.6. The highest BCUT2D eigenvalue weighted by Crippen LogP contribution is 2.30.